The van der Waals surface area contributed by atoms with Gasteiger partial charge in [0.25, 0.3) is 0 Å². The molecule has 0 aliphatic heterocycles. The molecule has 0 bridgehead atoms. The number of aromatic nitrogens is 1. The highest BCUT2D eigenvalue weighted by molar-refractivity contribution is 6.31. The molecule has 102 valence electrons. The van der Waals surface area contributed by atoms with Crippen LogP contribution in [0.25, 0.3) is 10.9 Å². The zero-order valence-electron chi connectivity index (χ0n) is 11.2. The van der Waals surface area contributed by atoms with Crippen molar-refractivity contribution in [2.75, 3.05) is 6.54 Å². The minimum atomic E-state index is 0.767. The molecule has 0 saturated carbocycles. The Morgan fingerprint density at radius 3 is 2.75 bits per heavy atom. The molecule has 20 heavy (non-hydrogen) atoms. The Morgan fingerprint density at radius 1 is 1.05 bits per heavy atom. The van der Waals surface area contributed by atoms with Crippen LogP contribution in [0.1, 0.15) is 11.1 Å². The molecule has 0 saturated heterocycles. The van der Waals surface area contributed by atoms with Crippen LogP contribution in [0.15, 0.2) is 54.7 Å². The fourth-order valence-electron chi connectivity index (χ4n) is 2.41. The average molecular weight is 285 g/mol. The maximum Gasteiger partial charge on any atom is 0.0472 e. The van der Waals surface area contributed by atoms with Crippen molar-refractivity contribution in [2.24, 2.45) is 0 Å². The Kier molecular flexibility index (Phi) is 4.05. The number of nitrogens with one attached hydrogen (secondary N) is 2. The molecule has 2 nitrogen and oxygen atoms in total. The van der Waals surface area contributed by atoms with Crippen molar-refractivity contribution in [3.8, 4) is 0 Å². The molecular weight excluding hydrogens is 268 g/mol. The third-order valence-electron chi connectivity index (χ3n) is 3.48. The van der Waals surface area contributed by atoms with E-state index in [1.165, 1.54) is 16.5 Å². The topological polar surface area (TPSA) is 27.8 Å². The number of H-pyrrole nitrogens is 1. The molecule has 0 radical (unpaired) electrons. The highest BCUT2D eigenvalue weighted by Crippen LogP contribution is 2.21. The molecule has 0 fully saturated rings. The van der Waals surface area contributed by atoms with E-state index in [1.54, 1.807) is 0 Å². The maximum atomic E-state index is 5.99. The van der Waals surface area contributed by atoms with Crippen LogP contribution in [0.4, 0.5) is 0 Å². The first kappa shape index (κ1) is 13.2. The number of benzene rings is 2. The quantitative estimate of drug-likeness (QED) is 0.677. The first-order valence-corrected chi connectivity index (χ1v) is 7.21. The van der Waals surface area contributed by atoms with Crippen molar-refractivity contribution in [3.05, 3.63) is 70.9 Å². The Morgan fingerprint density at radius 2 is 1.90 bits per heavy atom. The van der Waals surface area contributed by atoms with Gasteiger partial charge in [-0.3, -0.25) is 0 Å². The van der Waals surface area contributed by atoms with Crippen LogP contribution in [0.2, 0.25) is 5.02 Å². The number of rotatable bonds is 5. The van der Waals surface area contributed by atoms with Crippen molar-refractivity contribution >= 4 is 22.5 Å². The van der Waals surface area contributed by atoms with Crippen LogP contribution in [-0.4, -0.2) is 11.5 Å². The van der Waals surface area contributed by atoms with Gasteiger partial charge in [-0.15, -0.1) is 0 Å². The van der Waals surface area contributed by atoms with Crippen molar-refractivity contribution in [1.82, 2.24) is 10.3 Å². The van der Waals surface area contributed by atoms with Gasteiger partial charge in [0.1, 0.15) is 0 Å². The summed E-state index contributed by atoms with van der Waals surface area (Å²) in [6.45, 7) is 1.85. The molecule has 1 aromatic heterocycles. The van der Waals surface area contributed by atoms with Gasteiger partial charge in [-0.25, -0.2) is 0 Å². The molecule has 3 aromatic rings. The molecule has 3 rings (SSSR count). The molecule has 0 unspecified atom stereocenters. The van der Waals surface area contributed by atoms with E-state index in [4.69, 9.17) is 11.6 Å². The number of aromatic amines is 1. The van der Waals surface area contributed by atoms with Crippen LogP contribution in [0.5, 0.6) is 0 Å². The van der Waals surface area contributed by atoms with Crippen LogP contribution < -0.4 is 5.32 Å². The first-order chi connectivity index (χ1) is 9.83. The molecule has 0 spiro atoms. The fraction of sp³-hybridized carbons (Fsp3) is 0.176. The second kappa shape index (κ2) is 6.12. The third-order valence-corrected chi connectivity index (χ3v) is 3.71. The summed E-state index contributed by atoms with van der Waals surface area (Å²) in [4.78, 5) is 3.26. The van der Waals surface area contributed by atoms with Gasteiger partial charge in [0.2, 0.25) is 0 Å². The van der Waals surface area contributed by atoms with E-state index in [0.29, 0.717) is 0 Å². The minimum Gasteiger partial charge on any atom is -0.361 e. The summed E-state index contributed by atoms with van der Waals surface area (Å²) in [6.07, 6.45) is 3.10. The van der Waals surface area contributed by atoms with Crippen LogP contribution in [-0.2, 0) is 13.0 Å². The molecule has 2 N–H and O–H groups in total. The summed E-state index contributed by atoms with van der Waals surface area (Å²) >= 11 is 5.99. The van der Waals surface area contributed by atoms with Crippen molar-refractivity contribution in [1.29, 1.82) is 0 Å². The predicted octanol–water partition coefficient (Wildman–Crippen LogP) is 4.15. The summed E-state index contributed by atoms with van der Waals surface area (Å²) < 4.78 is 0. The summed E-state index contributed by atoms with van der Waals surface area (Å²) in [5, 5.41) is 5.49. The smallest absolute Gasteiger partial charge is 0.0472 e. The molecule has 0 amide bonds. The molecular formula is C17H17ClN2. The molecule has 0 aliphatic rings. The number of hydrogen-bond acceptors (Lipinski definition) is 1. The monoisotopic (exact) mass is 284 g/mol. The Hall–Kier alpha value is -1.77. The van der Waals surface area contributed by atoms with Crippen molar-refractivity contribution < 1.29 is 0 Å². The molecule has 0 aliphatic carbocycles. The number of hydrogen-bond donors (Lipinski definition) is 2. The Balaban J connectivity index is 1.58. The van der Waals surface area contributed by atoms with E-state index in [0.717, 1.165) is 30.0 Å². The zero-order chi connectivity index (χ0) is 13.8. The Bertz CT molecular complexity index is 689. The highest BCUT2D eigenvalue weighted by Gasteiger charge is 2.03. The predicted molar refractivity (Wildman–Crippen MR) is 85.2 cm³/mol. The molecule has 3 heteroatoms. The van der Waals surface area contributed by atoms with Gasteiger partial charge in [0.05, 0.1) is 0 Å². The standard InChI is InChI=1S/C17H17ClN2/c18-15-6-7-16-14(12-20-17(16)10-15)11-19-9-8-13-4-2-1-3-5-13/h1-7,10,12,19-20H,8-9,11H2. The SMILES string of the molecule is Clc1ccc2c(CNCCc3ccccc3)c[nH]c2c1. The maximum absolute atomic E-state index is 5.99. The van der Waals surface area contributed by atoms with Crippen LogP contribution in [0.3, 0.4) is 0 Å². The molecule has 0 atom stereocenters. The lowest BCUT2D eigenvalue weighted by Crippen LogP contribution is -2.16. The summed E-state index contributed by atoms with van der Waals surface area (Å²) in [5.74, 6) is 0. The summed E-state index contributed by atoms with van der Waals surface area (Å²) in [7, 11) is 0. The van der Waals surface area contributed by atoms with Crippen molar-refractivity contribution in [3.63, 3.8) is 0 Å². The van der Waals surface area contributed by atoms with E-state index in [1.807, 2.05) is 18.2 Å². The summed E-state index contributed by atoms with van der Waals surface area (Å²) in [5.41, 5.74) is 3.74. The lowest BCUT2D eigenvalue weighted by molar-refractivity contribution is 0.689. The number of halogens is 1. The fourth-order valence-corrected chi connectivity index (χ4v) is 2.58. The zero-order valence-corrected chi connectivity index (χ0v) is 12.0. The highest BCUT2D eigenvalue weighted by atomic mass is 35.5. The van der Waals surface area contributed by atoms with Gasteiger partial charge < -0.3 is 10.3 Å². The van der Waals surface area contributed by atoms with Crippen molar-refractivity contribution in [2.45, 2.75) is 13.0 Å². The third kappa shape index (κ3) is 3.03. The van der Waals surface area contributed by atoms with Gasteiger partial charge in [-0.05, 0) is 36.2 Å². The van der Waals surface area contributed by atoms with Gasteiger partial charge in [-0.1, -0.05) is 48.0 Å². The average Bonchev–Trinajstić information content (AvgIpc) is 2.87. The van der Waals surface area contributed by atoms with Gasteiger partial charge >= 0.3 is 0 Å². The van der Waals surface area contributed by atoms with Gasteiger partial charge in [0, 0.05) is 28.7 Å². The Labute approximate surface area is 123 Å². The second-order valence-corrected chi connectivity index (χ2v) is 5.35. The van der Waals surface area contributed by atoms with Crippen LogP contribution in [0, 0.1) is 0 Å². The molecule has 2 aromatic carbocycles. The van der Waals surface area contributed by atoms with E-state index in [2.05, 4.69) is 46.8 Å². The molecule has 1 heterocycles. The minimum absolute atomic E-state index is 0.767. The normalized spacial score (nSPS) is 11.1. The largest absolute Gasteiger partial charge is 0.361 e. The van der Waals surface area contributed by atoms with E-state index in [9.17, 15) is 0 Å². The van der Waals surface area contributed by atoms with E-state index >= 15 is 0 Å². The van der Waals surface area contributed by atoms with Crippen LogP contribution >= 0.6 is 11.6 Å². The lowest BCUT2D eigenvalue weighted by Gasteiger charge is -2.04. The lowest BCUT2D eigenvalue weighted by atomic mass is 10.1. The number of fused-ring (bicyclic) bond motifs is 1. The van der Waals surface area contributed by atoms with E-state index in [-0.39, 0.29) is 0 Å². The van der Waals surface area contributed by atoms with E-state index < -0.39 is 0 Å². The first-order valence-electron chi connectivity index (χ1n) is 6.83. The van der Waals surface area contributed by atoms with Gasteiger partial charge in [-0.2, -0.15) is 0 Å². The summed E-state index contributed by atoms with van der Waals surface area (Å²) in [6, 6.07) is 16.5. The van der Waals surface area contributed by atoms with Gasteiger partial charge in [0.15, 0.2) is 0 Å². The second-order valence-electron chi connectivity index (χ2n) is 4.92.